The lowest BCUT2D eigenvalue weighted by Gasteiger charge is -2.19. The molecule has 10 heteroatoms. The maximum Gasteiger partial charge on any atom is 0.435 e. The minimum Gasteiger partial charge on any atom is -0.497 e. The Balaban J connectivity index is 1.31. The van der Waals surface area contributed by atoms with Crippen LogP contribution in [0, 0.1) is 0 Å². The molecule has 1 aliphatic carbocycles. The van der Waals surface area contributed by atoms with Crippen molar-refractivity contribution in [3.05, 3.63) is 71.3 Å². The van der Waals surface area contributed by atoms with Crippen LogP contribution in [-0.2, 0) is 14.9 Å². The first kappa shape index (κ1) is 25.1. The average molecular weight is 553 g/mol. The Labute approximate surface area is 235 Å². The molecule has 0 unspecified atom stereocenters. The highest BCUT2D eigenvalue weighted by Crippen LogP contribution is 2.65. The van der Waals surface area contributed by atoms with Gasteiger partial charge in [-0.1, -0.05) is 12.1 Å². The number of para-hydroxylation sites is 1. The van der Waals surface area contributed by atoms with Crippen LogP contribution >= 0.6 is 0 Å². The quantitative estimate of drug-likeness (QED) is 0.339. The number of aromatic nitrogens is 2. The predicted octanol–water partition coefficient (Wildman–Crippen LogP) is 5.52. The molecule has 0 radical (unpaired) electrons. The van der Waals surface area contributed by atoms with Gasteiger partial charge in [0.05, 0.1) is 29.3 Å². The highest BCUT2D eigenvalue weighted by Gasteiger charge is 2.65. The van der Waals surface area contributed by atoms with Gasteiger partial charge in [0.25, 0.3) is 0 Å². The SMILES string of the molecule is COc1ccc2c(c1)[C@]1(C[C@H]1c1ccc3c(Nc4cccc5c4OCC5=O)nn(C(=O)OC(C)(C)C)c3c1)C(=O)N2. The van der Waals surface area contributed by atoms with Gasteiger partial charge < -0.3 is 24.8 Å². The Hall–Kier alpha value is -4.86. The summed E-state index contributed by atoms with van der Waals surface area (Å²) >= 11 is 0. The molecule has 3 heterocycles. The molecule has 4 aromatic rings. The molecule has 2 atom stereocenters. The van der Waals surface area contributed by atoms with Gasteiger partial charge in [0.2, 0.25) is 11.7 Å². The van der Waals surface area contributed by atoms with E-state index in [4.69, 9.17) is 14.2 Å². The molecule has 3 aromatic carbocycles. The van der Waals surface area contributed by atoms with Crippen molar-refractivity contribution < 1.29 is 28.6 Å². The molecule has 1 amide bonds. The number of benzene rings is 3. The van der Waals surface area contributed by atoms with Gasteiger partial charge in [-0.05, 0) is 80.8 Å². The molecule has 0 saturated heterocycles. The molecule has 2 aliphatic heterocycles. The molecule has 1 spiro atoms. The summed E-state index contributed by atoms with van der Waals surface area (Å²) in [5, 5.41) is 11.5. The third kappa shape index (κ3) is 3.85. The second-order valence-electron chi connectivity index (χ2n) is 11.6. The largest absolute Gasteiger partial charge is 0.497 e. The standard InChI is InChI=1S/C31H28N4O6/c1-30(2,3)41-29(38)35-24-12-16(21-14-31(21)20-13-17(39-4)9-11-22(20)33-28(31)37)8-10-18(24)27(34-35)32-23-7-5-6-19-25(36)15-40-26(19)23/h5-13,21H,14-15H2,1-4H3,(H,32,34)(H,33,37)/t21-,31-/m0/s1. The first-order valence-corrected chi connectivity index (χ1v) is 13.4. The topological polar surface area (TPSA) is 121 Å². The number of ketones is 1. The lowest BCUT2D eigenvalue weighted by molar-refractivity contribution is -0.118. The molecule has 2 N–H and O–H groups in total. The summed E-state index contributed by atoms with van der Waals surface area (Å²) in [4.78, 5) is 38.7. The fraction of sp³-hybridized carbons (Fsp3) is 0.290. The van der Waals surface area contributed by atoms with Gasteiger partial charge >= 0.3 is 6.09 Å². The summed E-state index contributed by atoms with van der Waals surface area (Å²) in [6, 6.07) is 16.7. The van der Waals surface area contributed by atoms with Crippen molar-refractivity contribution >= 4 is 45.9 Å². The number of anilines is 3. The van der Waals surface area contributed by atoms with Gasteiger partial charge in [0.1, 0.15) is 11.4 Å². The Kier molecular flexibility index (Phi) is 5.25. The lowest BCUT2D eigenvalue weighted by Crippen LogP contribution is -2.27. The number of carbonyl (C=O) groups is 3. The molecule has 0 bridgehead atoms. The smallest absolute Gasteiger partial charge is 0.435 e. The van der Waals surface area contributed by atoms with Gasteiger partial charge in [-0.3, -0.25) is 9.59 Å². The van der Waals surface area contributed by atoms with Crippen LogP contribution in [0.1, 0.15) is 54.6 Å². The van der Waals surface area contributed by atoms with E-state index in [0.29, 0.717) is 45.9 Å². The van der Waals surface area contributed by atoms with Crippen LogP contribution in [0.2, 0.25) is 0 Å². The summed E-state index contributed by atoms with van der Waals surface area (Å²) in [5.41, 5.74) is 2.80. The maximum atomic E-state index is 13.3. The first-order valence-electron chi connectivity index (χ1n) is 13.4. The van der Waals surface area contributed by atoms with Crippen molar-refractivity contribution in [1.29, 1.82) is 0 Å². The van der Waals surface area contributed by atoms with Crippen molar-refractivity contribution in [3.8, 4) is 11.5 Å². The van der Waals surface area contributed by atoms with Crippen molar-refractivity contribution in [1.82, 2.24) is 9.78 Å². The normalized spacial score (nSPS) is 20.4. The molecule has 1 fully saturated rings. The minimum atomic E-state index is -0.736. The number of nitrogens with one attached hydrogen (secondary N) is 2. The van der Waals surface area contributed by atoms with Crippen LogP contribution in [-0.4, -0.2) is 46.9 Å². The summed E-state index contributed by atoms with van der Waals surface area (Å²) in [6.45, 7) is 5.36. The van der Waals surface area contributed by atoms with Gasteiger partial charge in [0, 0.05) is 17.0 Å². The third-order valence-electron chi connectivity index (χ3n) is 7.91. The Morgan fingerprint density at radius 2 is 1.98 bits per heavy atom. The highest BCUT2D eigenvalue weighted by atomic mass is 16.6. The molecular weight excluding hydrogens is 524 g/mol. The fourth-order valence-corrected chi connectivity index (χ4v) is 5.94. The van der Waals surface area contributed by atoms with Crippen molar-refractivity contribution in [2.45, 2.75) is 44.1 Å². The zero-order valence-electron chi connectivity index (χ0n) is 23.0. The zero-order valence-corrected chi connectivity index (χ0v) is 23.0. The molecular formula is C31H28N4O6. The van der Waals surface area contributed by atoms with E-state index in [9.17, 15) is 14.4 Å². The van der Waals surface area contributed by atoms with E-state index in [1.165, 1.54) is 4.68 Å². The highest BCUT2D eigenvalue weighted by molar-refractivity contribution is 6.10. The van der Waals surface area contributed by atoms with E-state index in [-0.39, 0.29) is 24.2 Å². The van der Waals surface area contributed by atoms with E-state index >= 15 is 0 Å². The number of hydrogen-bond donors (Lipinski definition) is 2. The van der Waals surface area contributed by atoms with Crippen LogP contribution in [0.5, 0.6) is 11.5 Å². The second-order valence-corrected chi connectivity index (χ2v) is 11.6. The summed E-state index contributed by atoms with van der Waals surface area (Å²) in [7, 11) is 1.61. The van der Waals surface area contributed by atoms with Crippen molar-refractivity contribution in [2.24, 2.45) is 0 Å². The van der Waals surface area contributed by atoms with E-state index in [1.54, 1.807) is 46.1 Å². The number of hydrogen-bond acceptors (Lipinski definition) is 8. The number of Topliss-reactive ketones (excluding diaryl/α,β-unsaturated/α-hetero) is 1. The van der Waals surface area contributed by atoms with Gasteiger partial charge in [-0.15, -0.1) is 5.10 Å². The molecule has 41 heavy (non-hydrogen) atoms. The van der Waals surface area contributed by atoms with Crippen LogP contribution in [0.4, 0.5) is 22.0 Å². The minimum absolute atomic E-state index is 0.0177. The monoisotopic (exact) mass is 552 g/mol. The molecule has 208 valence electrons. The molecule has 1 aromatic heterocycles. The van der Waals surface area contributed by atoms with E-state index in [0.717, 1.165) is 16.8 Å². The Morgan fingerprint density at radius 1 is 1.15 bits per heavy atom. The van der Waals surface area contributed by atoms with Crippen LogP contribution in [0.3, 0.4) is 0 Å². The van der Waals surface area contributed by atoms with Gasteiger partial charge in [-0.2, -0.15) is 4.68 Å². The van der Waals surface area contributed by atoms with E-state index < -0.39 is 17.1 Å². The van der Waals surface area contributed by atoms with Crippen LogP contribution in [0.25, 0.3) is 10.9 Å². The molecule has 1 saturated carbocycles. The summed E-state index contributed by atoms with van der Waals surface area (Å²) in [6.07, 6.45) is 0.00849. The average Bonchev–Trinajstić information content (AvgIpc) is 3.30. The predicted molar refractivity (Wildman–Crippen MR) is 152 cm³/mol. The van der Waals surface area contributed by atoms with Crippen molar-refractivity contribution in [3.63, 3.8) is 0 Å². The lowest BCUT2D eigenvalue weighted by atomic mass is 9.91. The summed E-state index contributed by atoms with van der Waals surface area (Å²) in [5.74, 6) is 1.34. The Bertz CT molecular complexity index is 1800. The second kappa shape index (κ2) is 8.57. The third-order valence-corrected chi connectivity index (χ3v) is 7.91. The number of rotatable bonds is 4. The fourth-order valence-electron chi connectivity index (χ4n) is 5.94. The van der Waals surface area contributed by atoms with Gasteiger partial charge in [0.15, 0.2) is 18.2 Å². The van der Waals surface area contributed by atoms with E-state index in [2.05, 4.69) is 15.7 Å². The molecule has 10 nitrogen and oxygen atoms in total. The maximum absolute atomic E-state index is 13.3. The van der Waals surface area contributed by atoms with E-state index in [1.807, 2.05) is 36.4 Å². The number of nitrogens with zero attached hydrogens (tertiary/aromatic N) is 2. The van der Waals surface area contributed by atoms with Crippen LogP contribution in [0.15, 0.2) is 54.6 Å². The number of carbonyl (C=O) groups excluding carboxylic acids is 3. The number of amides is 1. The number of fused-ring (bicyclic) bond motifs is 4. The Morgan fingerprint density at radius 3 is 2.76 bits per heavy atom. The van der Waals surface area contributed by atoms with Gasteiger partial charge in [-0.25, -0.2) is 4.79 Å². The summed E-state index contributed by atoms with van der Waals surface area (Å²) < 4.78 is 18.0. The number of ether oxygens (including phenoxy) is 3. The molecule has 7 rings (SSSR count). The van der Waals surface area contributed by atoms with Crippen LogP contribution < -0.4 is 20.1 Å². The molecule has 3 aliphatic rings. The number of methoxy groups -OCH3 is 1. The first-order chi connectivity index (χ1) is 19.6. The zero-order chi connectivity index (χ0) is 28.7. The van der Waals surface area contributed by atoms with Crippen molar-refractivity contribution in [2.75, 3.05) is 24.4 Å².